The largest absolute Gasteiger partial charge is 0.386 e. The quantitative estimate of drug-likeness (QED) is 0.407. The van der Waals surface area contributed by atoms with Crippen LogP contribution in [0, 0.1) is 17.3 Å². The first-order valence-corrected chi connectivity index (χ1v) is 12.6. The van der Waals surface area contributed by atoms with Crippen molar-refractivity contribution >= 4 is 0 Å². The number of halogens is 1. The van der Waals surface area contributed by atoms with E-state index < -0.39 is 11.8 Å². The maximum atomic E-state index is 14.0. The van der Waals surface area contributed by atoms with Gasteiger partial charge in [0.1, 0.15) is 6.17 Å². The van der Waals surface area contributed by atoms with Crippen molar-refractivity contribution in [2.24, 2.45) is 17.3 Å². The number of rotatable bonds is 7. The molecule has 0 bridgehead atoms. The van der Waals surface area contributed by atoms with Gasteiger partial charge in [-0.1, -0.05) is 75.8 Å². The SMILES string of the molecule is C=C1/C(=C\C=C2/CCC[C@]3(C)C([C@@H](C)C/C=C/C(O)(CC)CC)=CCC23)CCC[C@@H]1F. The van der Waals surface area contributed by atoms with Gasteiger partial charge in [-0.05, 0) is 92.6 Å². The Morgan fingerprint density at radius 1 is 1.26 bits per heavy atom. The van der Waals surface area contributed by atoms with Crippen LogP contribution in [-0.2, 0) is 0 Å². The molecule has 0 aliphatic heterocycles. The molecule has 3 aliphatic carbocycles. The average molecular weight is 427 g/mol. The van der Waals surface area contributed by atoms with E-state index in [0.29, 0.717) is 23.8 Å². The first kappa shape index (κ1) is 24.2. The van der Waals surface area contributed by atoms with Crippen molar-refractivity contribution in [2.75, 3.05) is 0 Å². The van der Waals surface area contributed by atoms with E-state index >= 15 is 0 Å². The fraction of sp³-hybridized carbons (Fsp3) is 0.655. The summed E-state index contributed by atoms with van der Waals surface area (Å²) in [5.41, 5.74) is 4.52. The molecule has 2 fully saturated rings. The number of allylic oxidation sites excluding steroid dienone is 8. The van der Waals surface area contributed by atoms with Crippen molar-refractivity contribution in [1.29, 1.82) is 0 Å². The molecule has 4 atom stereocenters. The maximum Gasteiger partial charge on any atom is 0.125 e. The summed E-state index contributed by atoms with van der Waals surface area (Å²) in [6, 6.07) is 0. The summed E-state index contributed by atoms with van der Waals surface area (Å²) in [5.74, 6) is 1.06. The minimum absolute atomic E-state index is 0.230. The first-order valence-electron chi connectivity index (χ1n) is 12.6. The molecular weight excluding hydrogens is 383 g/mol. The van der Waals surface area contributed by atoms with E-state index in [0.717, 1.165) is 50.5 Å². The van der Waals surface area contributed by atoms with Crippen LogP contribution in [0.25, 0.3) is 0 Å². The van der Waals surface area contributed by atoms with Crippen LogP contribution in [0.1, 0.15) is 91.9 Å². The molecule has 0 aromatic rings. The van der Waals surface area contributed by atoms with Crippen molar-refractivity contribution in [2.45, 2.75) is 104 Å². The minimum Gasteiger partial charge on any atom is -0.386 e. The highest BCUT2D eigenvalue weighted by molar-refractivity contribution is 5.39. The zero-order chi connectivity index (χ0) is 22.6. The van der Waals surface area contributed by atoms with E-state index in [1.165, 1.54) is 18.4 Å². The summed E-state index contributed by atoms with van der Waals surface area (Å²) in [5, 5.41) is 10.5. The Hall–Kier alpha value is -1.41. The molecule has 1 N–H and O–H groups in total. The Morgan fingerprint density at radius 2 is 2.00 bits per heavy atom. The molecule has 0 heterocycles. The molecule has 2 saturated carbocycles. The van der Waals surface area contributed by atoms with Gasteiger partial charge in [-0.3, -0.25) is 0 Å². The highest BCUT2D eigenvalue weighted by Gasteiger charge is 2.45. The zero-order valence-corrected chi connectivity index (χ0v) is 20.2. The molecule has 1 unspecified atom stereocenters. The smallest absolute Gasteiger partial charge is 0.125 e. The van der Waals surface area contributed by atoms with Crippen molar-refractivity contribution < 1.29 is 9.50 Å². The Morgan fingerprint density at radius 3 is 2.71 bits per heavy atom. The lowest BCUT2D eigenvalue weighted by Crippen LogP contribution is -2.32. The highest BCUT2D eigenvalue weighted by Crippen LogP contribution is 2.57. The second-order valence-electron chi connectivity index (χ2n) is 10.4. The van der Waals surface area contributed by atoms with E-state index in [1.807, 2.05) is 19.9 Å². The maximum absolute atomic E-state index is 14.0. The molecular formula is C29H43FO. The first-order chi connectivity index (χ1) is 14.7. The summed E-state index contributed by atoms with van der Waals surface area (Å²) in [4.78, 5) is 0. The molecule has 0 spiro atoms. The van der Waals surface area contributed by atoms with Crippen LogP contribution in [0.2, 0.25) is 0 Å². The van der Waals surface area contributed by atoms with Gasteiger partial charge in [0.15, 0.2) is 0 Å². The normalized spacial score (nSPS) is 33.2. The number of hydrogen-bond donors (Lipinski definition) is 1. The lowest BCUT2D eigenvalue weighted by molar-refractivity contribution is 0.0824. The predicted octanol–water partition coefficient (Wildman–Crippen LogP) is 8.19. The molecule has 2 heteroatoms. The summed E-state index contributed by atoms with van der Waals surface area (Å²) in [6.45, 7) is 12.9. The highest BCUT2D eigenvalue weighted by atomic mass is 19.1. The Kier molecular flexibility index (Phi) is 7.84. The Labute approximate surface area is 189 Å². The lowest BCUT2D eigenvalue weighted by Gasteiger charge is -2.42. The Bertz CT molecular complexity index is 779. The van der Waals surface area contributed by atoms with Gasteiger partial charge in [0.05, 0.1) is 5.60 Å². The van der Waals surface area contributed by atoms with Crippen LogP contribution >= 0.6 is 0 Å². The summed E-state index contributed by atoms with van der Waals surface area (Å²) >= 11 is 0. The second kappa shape index (κ2) is 10.0. The van der Waals surface area contributed by atoms with Crippen molar-refractivity contribution in [3.05, 3.63) is 59.3 Å². The summed E-state index contributed by atoms with van der Waals surface area (Å²) in [7, 11) is 0. The molecule has 0 aromatic carbocycles. The third-order valence-corrected chi connectivity index (χ3v) is 8.48. The van der Waals surface area contributed by atoms with E-state index in [9.17, 15) is 9.50 Å². The molecule has 31 heavy (non-hydrogen) atoms. The number of fused-ring (bicyclic) bond motifs is 1. The minimum atomic E-state index is -0.859. The summed E-state index contributed by atoms with van der Waals surface area (Å²) < 4.78 is 14.0. The molecule has 172 valence electrons. The predicted molar refractivity (Wildman–Crippen MR) is 131 cm³/mol. The van der Waals surface area contributed by atoms with Crippen molar-refractivity contribution in [1.82, 2.24) is 0 Å². The van der Waals surface area contributed by atoms with Crippen LogP contribution in [0.5, 0.6) is 0 Å². The van der Waals surface area contributed by atoms with Crippen molar-refractivity contribution in [3.63, 3.8) is 0 Å². The molecule has 3 aliphatic rings. The van der Waals surface area contributed by atoms with E-state index in [2.05, 4.69) is 44.7 Å². The van der Waals surface area contributed by atoms with Crippen LogP contribution in [0.15, 0.2) is 59.3 Å². The second-order valence-corrected chi connectivity index (χ2v) is 10.4. The standard InChI is InChI=1S/C29H43FO/c1-6-29(31,7-2)20-9-11-21(3)25-17-18-26-24(13-10-19-28(25,26)5)16-15-23-12-8-14-27(30)22(23)4/h9,15-17,20-21,26-27,31H,4,6-8,10-14,18-19H2,1-3,5H3/b20-9+,23-15-,24-16+/t21-,26?,27-,28+/m0/s1. The number of alkyl halides is 1. The fourth-order valence-corrected chi connectivity index (χ4v) is 6.13. The zero-order valence-electron chi connectivity index (χ0n) is 20.2. The number of hydrogen-bond acceptors (Lipinski definition) is 1. The van der Waals surface area contributed by atoms with E-state index in [-0.39, 0.29) is 5.41 Å². The van der Waals surface area contributed by atoms with Gasteiger partial charge in [0, 0.05) is 0 Å². The van der Waals surface area contributed by atoms with Gasteiger partial charge >= 0.3 is 0 Å². The molecule has 0 radical (unpaired) electrons. The van der Waals surface area contributed by atoms with Gasteiger partial charge in [-0.15, -0.1) is 0 Å². The van der Waals surface area contributed by atoms with Crippen LogP contribution in [0.3, 0.4) is 0 Å². The van der Waals surface area contributed by atoms with Crippen molar-refractivity contribution in [3.8, 4) is 0 Å². The van der Waals surface area contributed by atoms with Crippen LogP contribution < -0.4 is 0 Å². The monoisotopic (exact) mass is 426 g/mol. The Balaban J connectivity index is 1.71. The molecule has 1 nitrogen and oxygen atoms in total. The average Bonchev–Trinajstić information content (AvgIpc) is 3.12. The molecule has 0 amide bonds. The fourth-order valence-electron chi connectivity index (χ4n) is 6.13. The van der Waals surface area contributed by atoms with Gasteiger partial charge in [-0.25, -0.2) is 4.39 Å². The molecule has 0 saturated heterocycles. The van der Waals surface area contributed by atoms with Gasteiger partial charge < -0.3 is 5.11 Å². The third-order valence-electron chi connectivity index (χ3n) is 8.48. The van der Waals surface area contributed by atoms with E-state index in [4.69, 9.17) is 0 Å². The molecule has 0 aromatic heterocycles. The topological polar surface area (TPSA) is 20.2 Å². The van der Waals surface area contributed by atoms with Crippen LogP contribution in [0.4, 0.5) is 4.39 Å². The lowest BCUT2D eigenvalue weighted by atomic mass is 9.62. The van der Waals surface area contributed by atoms with Crippen LogP contribution in [-0.4, -0.2) is 16.9 Å². The van der Waals surface area contributed by atoms with E-state index in [1.54, 1.807) is 5.57 Å². The van der Waals surface area contributed by atoms with Gasteiger partial charge in [-0.2, -0.15) is 0 Å². The van der Waals surface area contributed by atoms with Gasteiger partial charge in [0.25, 0.3) is 0 Å². The molecule has 3 rings (SSSR count). The summed E-state index contributed by atoms with van der Waals surface area (Å²) in [6.07, 6.45) is 20.1. The number of aliphatic hydroxyl groups is 1. The van der Waals surface area contributed by atoms with Gasteiger partial charge in [0.2, 0.25) is 0 Å². The third kappa shape index (κ3) is 5.16.